The van der Waals surface area contributed by atoms with E-state index >= 15 is 0 Å². The van der Waals surface area contributed by atoms with Gasteiger partial charge in [-0.3, -0.25) is 19.3 Å². The van der Waals surface area contributed by atoms with Crippen LogP contribution in [-0.4, -0.2) is 96.1 Å². The molecule has 0 aliphatic carbocycles. The van der Waals surface area contributed by atoms with Crippen LogP contribution in [0.2, 0.25) is 0 Å². The first-order chi connectivity index (χ1) is 19.1. The molecule has 0 spiro atoms. The molecular formula is C31H48N4O5. The van der Waals surface area contributed by atoms with Crippen molar-refractivity contribution < 1.29 is 24.2 Å². The number of carboxylic acids is 1. The average molecular weight is 557 g/mol. The number of likely N-dealkylation sites (tertiary alicyclic amines) is 2. The second-order valence-electron chi connectivity index (χ2n) is 12.6. The van der Waals surface area contributed by atoms with E-state index in [4.69, 9.17) is 10.5 Å². The Hall–Kier alpha value is -2.65. The van der Waals surface area contributed by atoms with Crippen LogP contribution in [0.15, 0.2) is 18.2 Å². The van der Waals surface area contributed by atoms with E-state index in [9.17, 15) is 19.5 Å². The lowest BCUT2D eigenvalue weighted by Gasteiger charge is -2.31. The van der Waals surface area contributed by atoms with Gasteiger partial charge >= 0.3 is 5.97 Å². The summed E-state index contributed by atoms with van der Waals surface area (Å²) in [6.07, 6.45) is 5.52. The van der Waals surface area contributed by atoms with Crippen LogP contribution in [0.5, 0.6) is 5.75 Å². The molecule has 0 radical (unpaired) electrons. The van der Waals surface area contributed by atoms with E-state index in [1.807, 2.05) is 21.9 Å². The SMILES string of the molecule is CCCCN(CCCCN)C(=O)CN1C[C@H](c2ccc3c(c2)CCO3)[C@@H](C(=O)O)[C@@H]1CCN1CC(C)(C)CC1=O. The Morgan fingerprint density at radius 1 is 1.20 bits per heavy atom. The minimum Gasteiger partial charge on any atom is -0.493 e. The molecule has 3 heterocycles. The Kier molecular flexibility index (Phi) is 10.1. The molecule has 9 nitrogen and oxygen atoms in total. The van der Waals surface area contributed by atoms with Gasteiger partial charge in [-0.1, -0.05) is 39.3 Å². The largest absolute Gasteiger partial charge is 0.493 e. The molecule has 2 amide bonds. The number of carboxylic acid groups (broad SMARTS) is 1. The molecule has 1 aromatic rings. The van der Waals surface area contributed by atoms with Crippen LogP contribution in [0.3, 0.4) is 0 Å². The summed E-state index contributed by atoms with van der Waals surface area (Å²) in [6.45, 7) is 10.8. The molecule has 0 aromatic heterocycles. The molecule has 2 fully saturated rings. The summed E-state index contributed by atoms with van der Waals surface area (Å²) in [4.78, 5) is 45.1. The van der Waals surface area contributed by atoms with Gasteiger partial charge in [0.25, 0.3) is 0 Å². The summed E-state index contributed by atoms with van der Waals surface area (Å²) in [5.41, 5.74) is 7.72. The van der Waals surface area contributed by atoms with E-state index in [0.717, 1.165) is 49.0 Å². The van der Waals surface area contributed by atoms with E-state index in [1.165, 1.54) is 0 Å². The predicted molar refractivity (Wildman–Crippen MR) is 154 cm³/mol. The average Bonchev–Trinajstić information content (AvgIpc) is 3.58. The van der Waals surface area contributed by atoms with Crippen molar-refractivity contribution in [3.63, 3.8) is 0 Å². The normalized spacial score (nSPS) is 23.9. The van der Waals surface area contributed by atoms with Crippen molar-refractivity contribution in [2.24, 2.45) is 17.1 Å². The molecule has 222 valence electrons. The van der Waals surface area contributed by atoms with E-state index in [0.29, 0.717) is 58.7 Å². The third-order valence-corrected chi connectivity index (χ3v) is 8.83. The van der Waals surface area contributed by atoms with E-state index < -0.39 is 11.9 Å². The maximum atomic E-state index is 13.6. The van der Waals surface area contributed by atoms with Crippen LogP contribution in [0.4, 0.5) is 0 Å². The van der Waals surface area contributed by atoms with Crippen molar-refractivity contribution in [3.05, 3.63) is 29.3 Å². The smallest absolute Gasteiger partial charge is 0.308 e. The molecule has 3 N–H and O–H groups in total. The number of fused-ring (bicyclic) bond motifs is 1. The molecule has 3 atom stereocenters. The summed E-state index contributed by atoms with van der Waals surface area (Å²) in [6, 6.07) is 5.69. The minimum absolute atomic E-state index is 0.0426. The van der Waals surface area contributed by atoms with Gasteiger partial charge < -0.3 is 25.4 Å². The Bertz CT molecular complexity index is 1060. The highest BCUT2D eigenvalue weighted by molar-refractivity contribution is 5.80. The number of nitrogens with two attached hydrogens (primary N) is 1. The van der Waals surface area contributed by atoms with Crippen molar-refractivity contribution in [1.82, 2.24) is 14.7 Å². The second kappa shape index (κ2) is 13.3. The number of carbonyl (C=O) groups is 3. The first kappa shape index (κ1) is 30.3. The zero-order valence-corrected chi connectivity index (χ0v) is 24.6. The number of amides is 2. The quantitative estimate of drug-likeness (QED) is 0.338. The number of ether oxygens (including phenoxy) is 1. The summed E-state index contributed by atoms with van der Waals surface area (Å²) in [5, 5.41) is 10.5. The van der Waals surface area contributed by atoms with Crippen LogP contribution in [0.25, 0.3) is 0 Å². The number of carbonyl (C=O) groups excluding carboxylic acids is 2. The third-order valence-electron chi connectivity index (χ3n) is 8.83. The number of aliphatic carboxylic acids is 1. The third kappa shape index (κ3) is 7.16. The number of rotatable bonds is 14. The highest BCUT2D eigenvalue weighted by atomic mass is 16.5. The second-order valence-corrected chi connectivity index (χ2v) is 12.6. The van der Waals surface area contributed by atoms with Gasteiger partial charge in [0, 0.05) is 57.5 Å². The van der Waals surface area contributed by atoms with Gasteiger partial charge in [0.2, 0.25) is 11.8 Å². The fourth-order valence-electron chi connectivity index (χ4n) is 6.73. The Labute approximate surface area is 239 Å². The molecular weight excluding hydrogens is 508 g/mol. The van der Waals surface area contributed by atoms with Gasteiger partial charge in [0.05, 0.1) is 19.1 Å². The molecule has 40 heavy (non-hydrogen) atoms. The van der Waals surface area contributed by atoms with Gasteiger partial charge in [-0.2, -0.15) is 0 Å². The lowest BCUT2D eigenvalue weighted by molar-refractivity contribution is -0.144. The zero-order valence-electron chi connectivity index (χ0n) is 24.6. The molecule has 3 aliphatic heterocycles. The summed E-state index contributed by atoms with van der Waals surface area (Å²) < 4.78 is 5.68. The topological polar surface area (TPSA) is 116 Å². The van der Waals surface area contributed by atoms with Crippen molar-refractivity contribution in [3.8, 4) is 5.75 Å². The summed E-state index contributed by atoms with van der Waals surface area (Å²) in [7, 11) is 0. The van der Waals surface area contributed by atoms with Crippen LogP contribution < -0.4 is 10.5 Å². The maximum Gasteiger partial charge on any atom is 0.308 e. The number of nitrogens with zero attached hydrogens (tertiary/aromatic N) is 3. The first-order valence-electron chi connectivity index (χ1n) is 15.1. The molecule has 9 heteroatoms. The highest BCUT2D eigenvalue weighted by Gasteiger charge is 2.48. The number of benzene rings is 1. The van der Waals surface area contributed by atoms with Crippen LogP contribution in [0, 0.1) is 11.3 Å². The van der Waals surface area contributed by atoms with Gasteiger partial charge in [-0.05, 0) is 54.8 Å². The van der Waals surface area contributed by atoms with Crippen molar-refractivity contribution >= 4 is 17.8 Å². The van der Waals surface area contributed by atoms with Crippen molar-refractivity contribution in [2.75, 3.05) is 52.4 Å². The molecule has 4 rings (SSSR count). The molecule has 0 saturated carbocycles. The van der Waals surface area contributed by atoms with Gasteiger partial charge in [-0.25, -0.2) is 0 Å². The lowest BCUT2D eigenvalue weighted by atomic mass is 9.83. The van der Waals surface area contributed by atoms with E-state index in [1.54, 1.807) is 0 Å². The highest BCUT2D eigenvalue weighted by Crippen LogP contribution is 2.41. The van der Waals surface area contributed by atoms with Crippen LogP contribution in [0.1, 0.15) is 76.3 Å². The molecule has 0 bridgehead atoms. The molecule has 3 aliphatic rings. The van der Waals surface area contributed by atoms with E-state index in [2.05, 4.69) is 31.7 Å². The number of hydrogen-bond acceptors (Lipinski definition) is 6. The fourth-order valence-corrected chi connectivity index (χ4v) is 6.73. The van der Waals surface area contributed by atoms with Gasteiger partial charge in [0.15, 0.2) is 0 Å². The maximum absolute atomic E-state index is 13.6. The lowest BCUT2D eigenvalue weighted by Crippen LogP contribution is -2.46. The molecule has 0 unspecified atom stereocenters. The molecule has 2 saturated heterocycles. The van der Waals surface area contributed by atoms with Crippen molar-refractivity contribution in [1.29, 1.82) is 0 Å². The first-order valence-corrected chi connectivity index (χ1v) is 15.1. The molecule has 1 aromatic carbocycles. The monoisotopic (exact) mass is 556 g/mol. The zero-order chi connectivity index (χ0) is 28.9. The van der Waals surface area contributed by atoms with E-state index in [-0.39, 0.29) is 35.7 Å². The van der Waals surface area contributed by atoms with Crippen LogP contribution >= 0.6 is 0 Å². The van der Waals surface area contributed by atoms with Gasteiger partial charge in [0.1, 0.15) is 5.75 Å². The Morgan fingerprint density at radius 2 is 1.98 bits per heavy atom. The predicted octanol–water partition coefficient (Wildman–Crippen LogP) is 3.11. The number of unbranched alkanes of at least 4 members (excludes halogenated alkanes) is 2. The standard InChI is InChI=1S/C31H48N4O5/c1-4-5-13-33(14-7-6-12-32)28(37)20-35-19-24(22-8-9-26-23(17-22)11-16-40-26)29(30(38)39)25(35)10-15-34-21-31(2,3)18-27(34)36/h8-9,17,24-25,29H,4-7,10-16,18-21,32H2,1-3H3,(H,38,39)/t24-,25+,29-/m1/s1. The number of hydrogen-bond donors (Lipinski definition) is 2. The minimum atomic E-state index is -0.847. The van der Waals surface area contributed by atoms with Gasteiger partial charge in [-0.15, -0.1) is 0 Å². The Morgan fingerprint density at radius 3 is 2.65 bits per heavy atom. The fraction of sp³-hybridized carbons (Fsp3) is 0.710. The Balaban J connectivity index is 1.57. The van der Waals surface area contributed by atoms with Crippen molar-refractivity contribution in [2.45, 2.75) is 77.7 Å². The summed E-state index contributed by atoms with van der Waals surface area (Å²) >= 11 is 0. The summed E-state index contributed by atoms with van der Waals surface area (Å²) in [5.74, 6) is -0.718. The van der Waals surface area contributed by atoms with Crippen LogP contribution in [-0.2, 0) is 20.8 Å².